The van der Waals surface area contributed by atoms with Gasteiger partial charge < -0.3 is 19.5 Å². The molecular formula is C20H24F6N2O5. The van der Waals surface area contributed by atoms with Gasteiger partial charge in [0.1, 0.15) is 5.75 Å². The first-order valence-electron chi connectivity index (χ1n) is 9.84. The van der Waals surface area contributed by atoms with Crippen molar-refractivity contribution in [1.82, 2.24) is 9.80 Å². The second kappa shape index (κ2) is 9.65. The van der Waals surface area contributed by atoms with Gasteiger partial charge in [0.25, 0.3) is 6.10 Å². The highest BCUT2D eigenvalue weighted by molar-refractivity contribution is 5.76. The van der Waals surface area contributed by atoms with Crippen molar-refractivity contribution in [3.63, 3.8) is 0 Å². The van der Waals surface area contributed by atoms with Crippen LogP contribution in [-0.2, 0) is 16.1 Å². The molecule has 33 heavy (non-hydrogen) atoms. The maximum absolute atomic E-state index is 12.6. The number of hydrogen-bond acceptors (Lipinski definition) is 5. The van der Waals surface area contributed by atoms with Gasteiger partial charge in [-0.25, -0.2) is 9.59 Å². The lowest BCUT2D eigenvalue weighted by Crippen LogP contribution is -2.52. The van der Waals surface area contributed by atoms with Crippen molar-refractivity contribution in [3.8, 4) is 5.75 Å². The molecule has 1 aliphatic heterocycles. The van der Waals surface area contributed by atoms with E-state index >= 15 is 0 Å². The number of carboxylic acid groups (broad SMARTS) is 1. The molecule has 1 aromatic rings. The fraction of sp³-hybridized carbons (Fsp3) is 0.600. The normalized spacial score (nSPS) is 16.1. The quantitative estimate of drug-likeness (QED) is 0.613. The highest BCUT2D eigenvalue weighted by atomic mass is 19.4. The number of carbonyl (C=O) groups excluding carboxylic acids is 1. The number of halogens is 6. The number of alkyl halides is 6. The molecule has 0 unspecified atom stereocenters. The van der Waals surface area contributed by atoms with E-state index in [1.54, 1.807) is 30.0 Å². The molecule has 13 heteroatoms. The van der Waals surface area contributed by atoms with E-state index in [1.165, 1.54) is 13.8 Å². The molecule has 0 aromatic heterocycles. The molecule has 0 saturated carbocycles. The molecule has 1 saturated heterocycles. The Hall–Kier alpha value is -2.70. The Morgan fingerprint density at radius 1 is 1.03 bits per heavy atom. The summed E-state index contributed by atoms with van der Waals surface area (Å²) in [5.74, 6) is -0.833. The van der Waals surface area contributed by atoms with E-state index < -0.39 is 36.1 Å². The van der Waals surface area contributed by atoms with Crippen molar-refractivity contribution in [3.05, 3.63) is 29.3 Å². The summed E-state index contributed by atoms with van der Waals surface area (Å²) < 4.78 is 85.0. The van der Waals surface area contributed by atoms with Crippen LogP contribution in [0.5, 0.6) is 5.75 Å². The summed E-state index contributed by atoms with van der Waals surface area (Å²) >= 11 is 0. The van der Waals surface area contributed by atoms with Gasteiger partial charge in [-0.3, -0.25) is 4.90 Å². The van der Waals surface area contributed by atoms with Gasteiger partial charge in [-0.2, -0.15) is 26.3 Å². The number of ether oxygens (including phenoxy) is 2. The SMILES string of the molecule is Cc1ccc(CN2CCN(C(=O)OC(C(F)(F)F)C(F)(F)F)CC2)c(OC(C)(C)C(=O)O)c1. The van der Waals surface area contributed by atoms with Gasteiger partial charge >= 0.3 is 24.4 Å². The van der Waals surface area contributed by atoms with Gasteiger partial charge in [-0.15, -0.1) is 0 Å². The topological polar surface area (TPSA) is 79.3 Å². The molecule has 0 bridgehead atoms. The monoisotopic (exact) mass is 486 g/mol. The highest BCUT2D eigenvalue weighted by Gasteiger charge is 2.60. The Balaban J connectivity index is 2.02. The van der Waals surface area contributed by atoms with Crippen LogP contribution < -0.4 is 4.74 Å². The summed E-state index contributed by atoms with van der Waals surface area (Å²) in [6.07, 6.45) is -17.4. The smallest absolute Gasteiger partial charge is 0.434 e. The molecule has 1 fully saturated rings. The third-order valence-electron chi connectivity index (χ3n) is 4.94. The van der Waals surface area contributed by atoms with Gasteiger partial charge in [0.05, 0.1) is 0 Å². The zero-order valence-electron chi connectivity index (χ0n) is 18.1. The largest absolute Gasteiger partial charge is 0.478 e. The van der Waals surface area contributed by atoms with Crippen LogP contribution >= 0.6 is 0 Å². The summed E-state index contributed by atoms with van der Waals surface area (Å²) in [6, 6.07) is 5.19. The average Bonchev–Trinajstić information content (AvgIpc) is 2.66. The summed E-state index contributed by atoms with van der Waals surface area (Å²) in [6.45, 7) is 4.84. The van der Waals surface area contributed by atoms with Crippen LogP contribution in [0.15, 0.2) is 18.2 Å². The van der Waals surface area contributed by atoms with Crippen LogP contribution in [0.3, 0.4) is 0 Å². The standard InChI is InChI=1S/C20H24F6N2O5/c1-12-4-5-13(14(10-12)33-18(2,3)16(29)30)11-27-6-8-28(9-7-27)17(31)32-15(19(21,22)23)20(24,25)26/h4-5,10,15H,6-9,11H2,1-3H3,(H,29,30). The minimum atomic E-state index is -5.78. The zero-order valence-corrected chi connectivity index (χ0v) is 18.1. The maximum Gasteiger partial charge on any atom is 0.434 e. The fourth-order valence-corrected chi connectivity index (χ4v) is 3.03. The third kappa shape index (κ3) is 7.14. The van der Waals surface area contributed by atoms with Crippen molar-refractivity contribution in [1.29, 1.82) is 0 Å². The third-order valence-corrected chi connectivity index (χ3v) is 4.94. The number of amides is 1. The van der Waals surface area contributed by atoms with E-state index in [0.29, 0.717) is 11.3 Å². The highest BCUT2D eigenvalue weighted by Crippen LogP contribution is 2.36. The molecule has 1 N–H and O–H groups in total. The van der Waals surface area contributed by atoms with Gasteiger partial charge in [0.15, 0.2) is 5.60 Å². The Kier molecular flexibility index (Phi) is 7.77. The second-order valence-electron chi connectivity index (χ2n) is 8.14. The van der Waals surface area contributed by atoms with E-state index in [1.807, 2.05) is 0 Å². The van der Waals surface area contributed by atoms with Crippen LogP contribution in [0.4, 0.5) is 31.1 Å². The lowest BCUT2D eigenvalue weighted by Gasteiger charge is -2.35. The van der Waals surface area contributed by atoms with Crippen LogP contribution in [0.1, 0.15) is 25.0 Å². The number of piperazine rings is 1. The minimum Gasteiger partial charge on any atom is -0.478 e. The molecule has 1 heterocycles. The molecule has 0 atom stereocenters. The Bertz CT molecular complexity index is 849. The van der Waals surface area contributed by atoms with E-state index in [-0.39, 0.29) is 32.7 Å². The predicted molar refractivity (Wildman–Crippen MR) is 103 cm³/mol. The summed E-state index contributed by atoms with van der Waals surface area (Å²) in [5, 5.41) is 9.30. The maximum atomic E-state index is 12.6. The molecule has 0 radical (unpaired) electrons. The van der Waals surface area contributed by atoms with E-state index in [2.05, 4.69) is 4.74 Å². The number of carboxylic acids is 1. The van der Waals surface area contributed by atoms with Gasteiger partial charge in [-0.05, 0) is 32.4 Å². The minimum absolute atomic E-state index is 0.146. The van der Waals surface area contributed by atoms with E-state index in [9.17, 15) is 41.0 Å². The molecule has 2 rings (SSSR count). The number of benzene rings is 1. The van der Waals surface area contributed by atoms with Crippen LogP contribution in [0.2, 0.25) is 0 Å². The Labute approximate surface area is 185 Å². The molecular weight excluding hydrogens is 462 g/mol. The van der Waals surface area contributed by atoms with Crippen LogP contribution in [0, 0.1) is 6.92 Å². The molecule has 0 aliphatic carbocycles. The van der Waals surface area contributed by atoms with Gasteiger partial charge in [0.2, 0.25) is 0 Å². The number of rotatable bonds is 6. The Morgan fingerprint density at radius 2 is 1.58 bits per heavy atom. The van der Waals surface area contributed by atoms with Crippen molar-refractivity contribution >= 4 is 12.1 Å². The van der Waals surface area contributed by atoms with Crippen molar-refractivity contribution in [2.45, 2.75) is 51.4 Å². The molecule has 1 aliphatic rings. The number of carbonyl (C=O) groups is 2. The van der Waals surface area contributed by atoms with Crippen molar-refractivity contribution < 1.29 is 50.5 Å². The van der Waals surface area contributed by atoms with Gasteiger partial charge in [0, 0.05) is 38.3 Å². The number of nitrogens with zero attached hydrogens (tertiary/aromatic N) is 2. The first-order valence-corrected chi connectivity index (χ1v) is 9.84. The summed E-state index contributed by atoms with van der Waals surface area (Å²) in [4.78, 5) is 25.9. The van der Waals surface area contributed by atoms with Crippen LogP contribution in [-0.4, -0.2) is 77.2 Å². The van der Waals surface area contributed by atoms with Gasteiger partial charge in [-0.1, -0.05) is 12.1 Å². The summed E-state index contributed by atoms with van der Waals surface area (Å²) in [7, 11) is 0. The van der Waals surface area contributed by atoms with Crippen molar-refractivity contribution in [2.24, 2.45) is 0 Å². The molecule has 7 nitrogen and oxygen atoms in total. The van der Waals surface area contributed by atoms with E-state index in [0.717, 1.165) is 10.5 Å². The predicted octanol–water partition coefficient (Wildman–Crippen LogP) is 3.98. The second-order valence-corrected chi connectivity index (χ2v) is 8.14. The first-order chi connectivity index (χ1) is 15.0. The van der Waals surface area contributed by atoms with Crippen LogP contribution in [0.25, 0.3) is 0 Å². The fourth-order valence-electron chi connectivity index (χ4n) is 3.03. The summed E-state index contributed by atoms with van der Waals surface area (Å²) in [5.41, 5.74) is -0.0371. The first kappa shape index (κ1) is 26.6. The van der Waals surface area contributed by atoms with Crippen molar-refractivity contribution in [2.75, 3.05) is 26.2 Å². The molecule has 1 aromatic carbocycles. The number of hydrogen-bond donors (Lipinski definition) is 1. The number of aryl methyl sites for hydroxylation is 1. The lowest BCUT2D eigenvalue weighted by molar-refractivity contribution is -0.308. The molecule has 186 valence electrons. The average molecular weight is 486 g/mol. The lowest BCUT2D eigenvalue weighted by atomic mass is 10.1. The zero-order chi connectivity index (χ0) is 25.2. The Morgan fingerprint density at radius 3 is 2.06 bits per heavy atom. The van der Waals surface area contributed by atoms with E-state index in [4.69, 9.17) is 4.74 Å². The molecule has 0 spiro atoms. The molecule has 1 amide bonds. The number of aliphatic carboxylic acids is 1.